The molecule has 7 heteroatoms. The van der Waals surface area contributed by atoms with Crippen molar-refractivity contribution in [3.63, 3.8) is 0 Å². The van der Waals surface area contributed by atoms with E-state index in [4.69, 9.17) is 0 Å². The molecule has 0 aliphatic heterocycles. The van der Waals surface area contributed by atoms with Crippen LogP contribution in [0, 0.1) is 12.7 Å². The third-order valence-corrected chi connectivity index (χ3v) is 5.42. The van der Waals surface area contributed by atoms with Crippen LogP contribution in [0.2, 0.25) is 0 Å². The van der Waals surface area contributed by atoms with E-state index in [0.29, 0.717) is 6.54 Å². The van der Waals surface area contributed by atoms with Crippen molar-refractivity contribution in [1.29, 1.82) is 0 Å². The summed E-state index contributed by atoms with van der Waals surface area (Å²) in [5.74, 6) is 0.322. The van der Waals surface area contributed by atoms with Crippen LogP contribution < -0.4 is 5.32 Å². The number of para-hydroxylation sites is 2. The van der Waals surface area contributed by atoms with E-state index >= 15 is 0 Å². The van der Waals surface area contributed by atoms with Crippen LogP contribution in [0.1, 0.15) is 16.8 Å². The maximum Gasteiger partial charge on any atom is 0.224 e. The molecule has 2 N–H and O–H groups in total. The highest BCUT2D eigenvalue weighted by Gasteiger charge is 2.13. The first-order chi connectivity index (χ1) is 15.1. The average Bonchev–Trinajstić information content (AvgIpc) is 3.34. The highest BCUT2D eigenvalue weighted by atomic mass is 19.1. The summed E-state index contributed by atoms with van der Waals surface area (Å²) in [6.07, 6.45) is 3.68. The third kappa shape index (κ3) is 3.66. The molecule has 0 atom stereocenters. The van der Waals surface area contributed by atoms with E-state index in [1.807, 2.05) is 47.9 Å². The monoisotopic (exact) mass is 413 g/mol. The number of aromatic amines is 1. The Morgan fingerprint density at radius 3 is 2.84 bits per heavy atom. The molecule has 3 heterocycles. The Morgan fingerprint density at radius 1 is 1.13 bits per heavy atom. The summed E-state index contributed by atoms with van der Waals surface area (Å²) in [7, 11) is 0. The van der Waals surface area contributed by atoms with Gasteiger partial charge in [0.15, 0.2) is 0 Å². The van der Waals surface area contributed by atoms with Crippen LogP contribution >= 0.6 is 0 Å². The van der Waals surface area contributed by atoms with Gasteiger partial charge < -0.3 is 10.3 Å². The first kappa shape index (κ1) is 19.0. The molecule has 3 aromatic heterocycles. The number of aromatic nitrogens is 4. The smallest absolute Gasteiger partial charge is 0.224 e. The van der Waals surface area contributed by atoms with E-state index in [2.05, 4.69) is 20.3 Å². The Balaban J connectivity index is 1.27. The largest absolute Gasteiger partial charge is 0.358 e. The number of nitrogens with one attached hydrogen (secondary N) is 2. The SMILES string of the molecule is Cc1[nH]c2ccc(F)cc2c1CC(=O)NCc1ccc(-n2cnc3ccccc32)nc1. The molecule has 1 amide bonds. The molecule has 0 fully saturated rings. The van der Waals surface area contributed by atoms with Crippen molar-refractivity contribution >= 4 is 27.8 Å². The maximum absolute atomic E-state index is 13.6. The molecule has 0 spiro atoms. The number of carbonyl (C=O) groups is 1. The van der Waals surface area contributed by atoms with Gasteiger partial charge in [-0.25, -0.2) is 14.4 Å². The molecule has 0 aliphatic carbocycles. The van der Waals surface area contributed by atoms with E-state index in [0.717, 1.165) is 44.6 Å². The lowest BCUT2D eigenvalue weighted by molar-refractivity contribution is -0.120. The Bertz CT molecular complexity index is 1400. The molecule has 0 saturated carbocycles. The number of hydrogen-bond acceptors (Lipinski definition) is 3. The summed E-state index contributed by atoms with van der Waals surface area (Å²) in [5.41, 5.74) is 5.30. The molecule has 5 rings (SSSR count). The maximum atomic E-state index is 13.6. The number of rotatable bonds is 5. The van der Waals surface area contributed by atoms with Gasteiger partial charge in [0.25, 0.3) is 0 Å². The standard InChI is InChI=1S/C24H20FN5O/c1-15-18(19-10-17(25)7-8-20(19)29-15)11-24(31)27-13-16-6-9-23(26-12-16)30-14-28-21-4-2-3-5-22(21)30/h2-10,12,14,29H,11,13H2,1H3,(H,27,31). The molecule has 5 aromatic rings. The number of carbonyl (C=O) groups excluding carboxylic acids is 1. The molecule has 0 bridgehead atoms. The highest BCUT2D eigenvalue weighted by molar-refractivity contribution is 5.90. The van der Waals surface area contributed by atoms with E-state index in [1.54, 1.807) is 18.6 Å². The molecular weight excluding hydrogens is 393 g/mol. The lowest BCUT2D eigenvalue weighted by Gasteiger charge is -2.08. The third-order valence-electron chi connectivity index (χ3n) is 5.42. The van der Waals surface area contributed by atoms with E-state index in [9.17, 15) is 9.18 Å². The van der Waals surface area contributed by atoms with Gasteiger partial charge in [-0.2, -0.15) is 0 Å². The number of fused-ring (bicyclic) bond motifs is 2. The second-order valence-corrected chi connectivity index (χ2v) is 7.50. The molecule has 154 valence electrons. The molecule has 0 aliphatic rings. The van der Waals surface area contributed by atoms with Crippen LogP contribution in [0.5, 0.6) is 0 Å². The predicted octanol–water partition coefficient (Wildman–Crippen LogP) is 4.21. The zero-order valence-corrected chi connectivity index (χ0v) is 16.9. The summed E-state index contributed by atoms with van der Waals surface area (Å²) < 4.78 is 15.6. The van der Waals surface area contributed by atoms with Crippen molar-refractivity contribution in [2.45, 2.75) is 19.9 Å². The van der Waals surface area contributed by atoms with Gasteiger partial charge in [-0.05, 0) is 54.4 Å². The zero-order chi connectivity index (χ0) is 21.4. The zero-order valence-electron chi connectivity index (χ0n) is 16.9. The van der Waals surface area contributed by atoms with Crippen LogP contribution in [0.4, 0.5) is 4.39 Å². The van der Waals surface area contributed by atoms with Gasteiger partial charge >= 0.3 is 0 Å². The van der Waals surface area contributed by atoms with Gasteiger partial charge in [0.1, 0.15) is 18.0 Å². The number of H-pyrrole nitrogens is 1. The van der Waals surface area contributed by atoms with Crippen molar-refractivity contribution in [3.05, 3.63) is 89.8 Å². The Kier molecular flexibility index (Phi) is 4.71. The second kappa shape index (κ2) is 7.68. The Morgan fingerprint density at radius 2 is 2.00 bits per heavy atom. The van der Waals surface area contributed by atoms with Crippen LogP contribution in [0.25, 0.3) is 27.8 Å². The lowest BCUT2D eigenvalue weighted by Crippen LogP contribution is -2.24. The predicted molar refractivity (Wildman–Crippen MR) is 117 cm³/mol. The first-order valence-electron chi connectivity index (χ1n) is 9.99. The summed E-state index contributed by atoms with van der Waals surface area (Å²) in [5, 5.41) is 3.66. The van der Waals surface area contributed by atoms with Gasteiger partial charge in [-0.1, -0.05) is 18.2 Å². The Labute approximate surface area is 177 Å². The Hall–Kier alpha value is -4.00. The number of amides is 1. The first-order valence-corrected chi connectivity index (χ1v) is 9.99. The molecule has 0 unspecified atom stereocenters. The molecular formula is C24H20FN5O. The molecule has 2 aromatic carbocycles. The fourth-order valence-electron chi connectivity index (χ4n) is 3.81. The summed E-state index contributed by atoms with van der Waals surface area (Å²) in [6, 6.07) is 16.3. The van der Waals surface area contributed by atoms with Crippen LogP contribution in [-0.2, 0) is 17.8 Å². The number of hydrogen-bond donors (Lipinski definition) is 2. The highest BCUT2D eigenvalue weighted by Crippen LogP contribution is 2.23. The fraction of sp³-hybridized carbons (Fsp3) is 0.125. The number of aryl methyl sites for hydroxylation is 1. The van der Waals surface area contributed by atoms with Crippen molar-refractivity contribution in [2.75, 3.05) is 0 Å². The number of imidazole rings is 1. The summed E-state index contributed by atoms with van der Waals surface area (Å²) in [6.45, 7) is 2.26. The van der Waals surface area contributed by atoms with Crippen molar-refractivity contribution in [2.24, 2.45) is 0 Å². The van der Waals surface area contributed by atoms with Crippen molar-refractivity contribution in [1.82, 2.24) is 24.8 Å². The number of nitrogens with zero attached hydrogens (tertiary/aromatic N) is 3. The fourth-order valence-corrected chi connectivity index (χ4v) is 3.81. The van der Waals surface area contributed by atoms with Crippen molar-refractivity contribution < 1.29 is 9.18 Å². The lowest BCUT2D eigenvalue weighted by atomic mass is 10.1. The van der Waals surface area contributed by atoms with Gasteiger partial charge in [0.2, 0.25) is 5.91 Å². The van der Waals surface area contributed by atoms with E-state index in [1.165, 1.54) is 12.1 Å². The van der Waals surface area contributed by atoms with Crippen LogP contribution in [-0.4, -0.2) is 25.4 Å². The topological polar surface area (TPSA) is 75.6 Å². The van der Waals surface area contributed by atoms with Gasteiger partial charge in [0, 0.05) is 29.3 Å². The molecule has 6 nitrogen and oxygen atoms in total. The molecule has 0 saturated heterocycles. The average molecular weight is 413 g/mol. The van der Waals surface area contributed by atoms with E-state index < -0.39 is 0 Å². The molecule has 0 radical (unpaired) electrons. The van der Waals surface area contributed by atoms with Crippen LogP contribution in [0.15, 0.2) is 67.1 Å². The minimum Gasteiger partial charge on any atom is -0.358 e. The quantitative estimate of drug-likeness (QED) is 0.453. The minimum atomic E-state index is -0.315. The van der Waals surface area contributed by atoms with E-state index in [-0.39, 0.29) is 18.1 Å². The van der Waals surface area contributed by atoms with Crippen LogP contribution in [0.3, 0.4) is 0 Å². The summed E-state index contributed by atoms with van der Waals surface area (Å²) in [4.78, 5) is 24.6. The van der Waals surface area contributed by atoms with Gasteiger partial charge in [0.05, 0.1) is 17.5 Å². The second-order valence-electron chi connectivity index (χ2n) is 7.50. The number of halogens is 1. The number of pyridine rings is 1. The van der Waals surface area contributed by atoms with Gasteiger partial charge in [-0.15, -0.1) is 0 Å². The normalized spacial score (nSPS) is 11.3. The number of benzene rings is 2. The van der Waals surface area contributed by atoms with Crippen molar-refractivity contribution in [3.8, 4) is 5.82 Å². The molecule has 31 heavy (non-hydrogen) atoms. The summed E-state index contributed by atoms with van der Waals surface area (Å²) >= 11 is 0. The minimum absolute atomic E-state index is 0.127. The van der Waals surface area contributed by atoms with Gasteiger partial charge in [-0.3, -0.25) is 9.36 Å².